The van der Waals surface area contributed by atoms with Gasteiger partial charge >= 0.3 is 0 Å². The van der Waals surface area contributed by atoms with Crippen molar-refractivity contribution in [2.24, 2.45) is 0 Å². The van der Waals surface area contributed by atoms with Crippen LogP contribution in [0.3, 0.4) is 0 Å². The van der Waals surface area contributed by atoms with Crippen molar-refractivity contribution in [3.63, 3.8) is 0 Å². The Hall–Kier alpha value is -1.07. The number of benzene rings is 1. The van der Waals surface area contributed by atoms with Gasteiger partial charge in [0.15, 0.2) is 9.84 Å². The maximum Gasteiger partial charge on any atom is 0.256 e. The van der Waals surface area contributed by atoms with Crippen molar-refractivity contribution in [1.29, 1.82) is 0 Å². The van der Waals surface area contributed by atoms with Gasteiger partial charge in [-0.05, 0) is 25.1 Å². The van der Waals surface area contributed by atoms with Gasteiger partial charge in [-0.15, -0.1) is 0 Å². The standard InChI is InChI=1S/C11H10FIN2O4S/c1-6(18-13)11-14-10(15-19-11)8-4-3-7(5-9(8)12)20(2,16)17/h3-6H,1-2H3. The summed E-state index contributed by atoms with van der Waals surface area (Å²) in [6, 6.07) is 3.52. The minimum Gasteiger partial charge on any atom is -0.336 e. The van der Waals surface area contributed by atoms with E-state index in [0.29, 0.717) is 0 Å². The molecule has 108 valence electrons. The summed E-state index contributed by atoms with van der Waals surface area (Å²) in [4.78, 5) is 3.90. The number of aromatic nitrogens is 2. The van der Waals surface area contributed by atoms with Gasteiger partial charge in [-0.3, -0.25) is 0 Å². The molecule has 0 amide bonds. The molecule has 0 radical (unpaired) electrons. The van der Waals surface area contributed by atoms with E-state index in [-0.39, 0.29) is 22.2 Å². The van der Waals surface area contributed by atoms with Gasteiger partial charge < -0.3 is 7.59 Å². The molecule has 1 unspecified atom stereocenters. The summed E-state index contributed by atoms with van der Waals surface area (Å²) in [5.41, 5.74) is 0.0630. The van der Waals surface area contributed by atoms with Crippen molar-refractivity contribution >= 4 is 32.8 Å². The molecule has 0 aliphatic rings. The van der Waals surface area contributed by atoms with E-state index in [4.69, 9.17) is 7.59 Å². The summed E-state index contributed by atoms with van der Waals surface area (Å²) in [6.07, 6.45) is 0.586. The average molecular weight is 412 g/mol. The molecule has 1 aromatic heterocycles. The van der Waals surface area contributed by atoms with Crippen LogP contribution in [0.2, 0.25) is 0 Å². The smallest absolute Gasteiger partial charge is 0.256 e. The van der Waals surface area contributed by atoms with Crippen molar-refractivity contribution < 1.29 is 20.4 Å². The van der Waals surface area contributed by atoms with Crippen LogP contribution < -0.4 is 0 Å². The van der Waals surface area contributed by atoms with Gasteiger partial charge in [0.25, 0.3) is 5.89 Å². The van der Waals surface area contributed by atoms with E-state index in [1.54, 1.807) is 29.9 Å². The molecule has 9 heteroatoms. The van der Waals surface area contributed by atoms with Crippen LogP contribution in [-0.4, -0.2) is 24.8 Å². The third-order valence-electron chi connectivity index (χ3n) is 2.53. The Balaban J connectivity index is 2.41. The first-order chi connectivity index (χ1) is 9.32. The van der Waals surface area contributed by atoms with Crippen LogP contribution in [0, 0.1) is 5.82 Å². The molecule has 0 saturated heterocycles. The molecule has 0 aliphatic carbocycles. The van der Waals surface area contributed by atoms with Gasteiger partial charge in [0, 0.05) is 6.26 Å². The van der Waals surface area contributed by atoms with Crippen LogP contribution in [0.1, 0.15) is 18.9 Å². The fraction of sp³-hybridized carbons (Fsp3) is 0.273. The third kappa shape index (κ3) is 3.15. The van der Waals surface area contributed by atoms with Crippen molar-refractivity contribution in [2.75, 3.05) is 6.26 Å². The molecule has 2 rings (SSSR count). The maximum atomic E-state index is 13.9. The summed E-state index contributed by atoms with van der Waals surface area (Å²) >= 11 is 1.69. The van der Waals surface area contributed by atoms with E-state index in [1.807, 2.05) is 0 Å². The number of nitrogens with zero attached hydrogens (tertiary/aromatic N) is 2. The fourth-order valence-electron chi connectivity index (χ4n) is 1.46. The first kappa shape index (κ1) is 15.3. The lowest BCUT2D eigenvalue weighted by Crippen LogP contribution is -1.99. The molecule has 6 nitrogen and oxygen atoms in total. The minimum atomic E-state index is -3.46. The van der Waals surface area contributed by atoms with E-state index in [2.05, 4.69) is 10.1 Å². The van der Waals surface area contributed by atoms with Crippen molar-refractivity contribution in [2.45, 2.75) is 17.9 Å². The van der Waals surface area contributed by atoms with E-state index in [9.17, 15) is 12.8 Å². The summed E-state index contributed by atoms with van der Waals surface area (Å²) in [7, 11) is -3.46. The molecule has 0 fully saturated rings. The maximum absolute atomic E-state index is 13.9. The van der Waals surface area contributed by atoms with Gasteiger partial charge in [0.1, 0.15) is 34.9 Å². The molecule has 1 aromatic carbocycles. The van der Waals surface area contributed by atoms with Gasteiger partial charge in [-0.1, -0.05) is 5.16 Å². The van der Waals surface area contributed by atoms with Crippen LogP contribution >= 0.6 is 23.0 Å². The van der Waals surface area contributed by atoms with Crippen LogP contribution in [0.15, 0.2) is 27.6 Å². The highest BCUT2D eigenvalue weighted by atomic mass is 127. The van der Waals surface area contributed by atoms with E-state index >= 15 is 0 Å². The number of rotatable bonds is 4. The molecule has 20 heavy (non-hydrogen) atoms. The van der Waals surface area contributed by atoms with E-state index in [0.717, 1.165) is 12.3 Å². The van der Waals surface area contributed by atoms with E-state index < -0.39 is 21.8 Å². The predicted molar refractivity (Wildman–Crippen MR) is 76.3 cm³/mol. The van der Waals surface area contributed by atoms with Crippen LogP contribution in [0.5, 0.6) is 0 Å². The van der Waals surface area contributed by atoms with Gasteiger partial charge in [0.2, 0.25) is 5.82 Å². The Labute approximate surface area is 128 Å². The Morgan fingerprint density at radius 2 is 2.15 bits per heavy atom. The lowest BCUT2D eigenvalue weighted by Gasteiger charge is -2.01. The SMILES string of the molecule is CC(OI)c1nc(-c2ccc(S(C)(=O)=O)cc2F)no1. The van der Waals surface area contributed by atoms with Crippen LogP contribution in [0.4, 0.5) is 4.39 Å². The average Bonchev–Trinajstić information content (AvgIpc) is 2.86. The summed E-state index contributed by atoms with van der Waals surface area (Å²) in [5.74, 6) is -0.484. The molecule has 0 spiro atoms. The van der Waals surface area contributed by atoms with Crippen LogP contribution in [0.25, 0.3) is 11.4 Å². The lowest BCUT2D eigenvalue weighted by atomic mass is 10.2. The molecule has 1 atom stereocenters. The zero-order valence-electron chi connectivity index (χ0n) is 10.5. The second-order valence-electron chi connectivity index (χ2n) is 4.10. The third-order valence-corrected chi connectivity index (χ3v) is 4.41. The Morgan fingerprint density at radius 3 is 2.70 bits per heavy atom. The lowest BCUT2D eigenvalue weighted by molar-refractivity contribution is 0.235. The predicted octanol–water partition coefficient (Wildman–Crippen LogP) is 2.71. The molecule has 0 aliphatic heterocycles. The Morgan fingerprint density at radius 1 is 1.45 bits per heavy atom. The number of hydrogen-bond acceptors (Lipinski definition) is 6. The van der Waals surface area contributed by atoms with Gasteiger partial charge in [0.05, 0.1) is 10.5 Å². The summed E-state index contributed by atoms with van der Waals surface area (Å²) < 4.78 is 46.5. The normalized spacial score (nSPS) is 13.4. The molecule has 0 N–H and O–H groups in total. The molecule has 1 heterocycles. The summed E-state index contributed by atoms with van der Waals surface area (Å²) in [5, 5.41) is 3.65. The van der Waals surface area contributed by atoms with Crippen molar-refractivity contribution in [3.8, 4) is 11.4 Å². The minimum absolute atomic E-state index is 0.0397. The second-order valence-corrected chi connectivity index (χ2v) is 6.63. The molecular weight excluding hydrogens is 402 g/mol. The molecule has 0 saturated carbocycles. The number of halogens is 2. The highest BCUT2D eigenvalue weighted by Crippen LogP contribution is 2.25. The zero-order chi connectivity index (χ0) is 14.9. The zero-order valence-corrected chi connectivity index (χ0v) is 13.5. The first-order valence-corrected chi connectivity index (χ1v) is 8.21. The first-order valence-electron chi connectivity index (χ1n) is 5.44. The van der Waals surface area contributed by atoms with Gasteiger partial charge in [-0.25, -0.2) is 12.8 Å². The second kappa shape index (κ2) is 5.74. The molecule has 2 aromatic rings. The number of hydrogen-bond donors (Lipinski definition) is 0. The summed E-state index contributed by atoms with van der Waals surface area (Å²) in [6.45, 7) is 1.70. The topological polar surface area (TPSA) is 82.3 Å². The Kier molecular flexibility index (Phi) is 4.39. The molecule has 0 bridgehead atoms. The quantitative estimate of drug-likeness (QED) is 0.719. The highest BCUT2D eigenvalue weighted by molar-refractivity contribution is 14.1. The largest absolute Gasteiger partial charge is 0.336 e. The van der Waals surface area contributed by atoms with Gasteiger partial charge in [-0.2, -0.15) is 4.98 Å². The van der Waals surface area contributed by atoms with Crippen LogP contribution in [-0.2, 0) is 12.9 Å². The fourth-order valence-corrected chi connectivity index (χ4v) is 2.31. The Bertz CT molecular complexity index is 732. The number of sulfone groups is 1. The monoisotopic (exact) mass is 412 g/mol. The van der Waals surface area contributed by atoms with E-state index in [1.165, 1.54) is 12.1 Å². The van der Waals surface area contributed by atoms with Crippen molar-refractivity contribution in [3.05, 3.63) is 29.9 Å². The highest BCUT2D eigenvalue weighted by Gasteiger charge is 2.19. The van der Waals surface area contributed by atoms with Crippen molar-refractivity contribution in [1.82, 2.24) is 10.1 Å². The molecular formula is C11H10FIN2O4S.